The Bertz CT molecular complexity index is 590. The van der Waals surface area contributed by atoms with E-state index in [1.807, 2.05) is 24.3 Å². The highest BCUT2D eigenvalue weighted by Crippen LogP contribution is 2.25. The van der Waals surface area contributed by atoms with Gasteiger partial charge >= 0.3 is 0 Å². The number of likely N-dealkylation sites (tertiary alicyclic amines) is 1. The van der Waals surface area contributed by atoms with Crippen LogP contribution in [0.15, 0.2) is 24.3 Å². The normalized spacial score (nSPS) is 19.9. The summed E-state index contributed by atoms with van der Waals surface area (Å²) in [5.41, 5.74) is 1.75. The molecule has 1 atom stereocenters. The summed E-state index contributed by atoms with van der Waals surface area (Å²) in [4.78, 5) is 16.9. The molecule has 4 nitrogen and oxygen atoms in total. The molecule has 0 spiro atoms. The monoisotopic (exact) mass is 257 g/mol. The molecule has 0 saturated carbocycles. The molecule has 1 aliphatic rings. The molecule has 0 amide bonds. The first kappa shape index (κ1) is 12.2. The summed E-state index contributed by atoms with van der Waals surface area (Å²) in [6.45, 7) is 3.21. The fourth-order valence-corrected chi connectivity index (χ4v) is 2.86. The average molecular weight is 257 g/mol. The molecule has 3 rings (SSSR count). The fraction of sp³-hybridized carbons (Fsp3) is 0.400. The van der Waals surface area contributed by atoms with Gasteiger partial charge in [-0.05, 0) is 32.0 Å². The number of benzene rings is 1. The largest absolute Gasteiger partial charge is 0.371 e. The van der Waals surface area contributed by atoms with Crippen molar-refractivity contribution >= 4 is 23.0 Å². The van der Waals surface area contributed by atoms with E-state index in [4.69, 9.17) is 0 Å². The van der Waals surface area contributed by atoms with Gasteiger partial charge in [-0.15, -0.1) is 0 Å². The van der Waals surface area contributed by atoms with Gasteiger partial charge in [0, 0.05) is 24.0 Å². The maximum Gasteiger partial charge on any atom is 0.154 e. The summed E-state index contributed by atoms with van der Waals surface area (Å²) in [5, 5.41) is 4.39. The summed E-state index contributed by atoms with van der Waals surface area (Å²) in [6, 6.07) is 7.91. The maximum atomic E-state index is 11.3. The number of rotatable bonds is 4. The molecule has 2 N–H and O–H groups in total. The van der Waals surface area contributed by atoms with Crippen LogP contribution in [0.25, 0.3) is 10.9 Å². The molecule has 19 heavy (non-hydrogen) atoms. The molecule has 1 fully saturated rings. The lowest BCUT2D eigenvalue weighted by atomic mass is 10.1. The first-order valence-corrected chi connectivity index (χ1v) is 6.76. The van der Waals surface area contributed by atoms with E-state index in [9.17, 15) is 4.79 Å². The molecular formula is C15H19N3O. The van der Waals surface area contributed by atoms with Gasteiger partial charge in [-0.2, -0.15) is 0 Å². The van der Waals surface area contributed by atoms with Crippen LogP contribution in [-0.4, -0.2) is 42.9 Å². The molecule has 1 unspecified atom stereocenters. The second kappa shape index (κ2) is 5.05. The Labute approximate surface area is 112 Å². The highest BCUT2D eigenvalue weighted by molar-refractivity contribution is 6.03. The van der Waals surface area contributed by atoms with Crippen LogP contribution < -0.4 is 5.32 Å². The number of anilines is 1. The van der Waals surface area contributed by atoms with E-state index in [1.54, 1.807) is 0 Å². The molecule has 0 bridgehead atoms. The van der Waals surface area contributed by atoms with Crippen LogP contribution in [0, 0.1) is 5.92 Å². The molecule has 100 valence electrons. The van der Waals surface area contributed by atoms with Crippen LogP contribution in [0.5, 0.6) is 0 Å². The number of aromatic amines is 1. The van der Waals surface area contributed by atoms with Crippen molar-refractivity contribution in [2.24, 2.45) is 5.92 Å². The van der Waals surface area contributed by atoms with Crippen molar-refractivity contribution < 1.29 is 4.79 Å². The zero-order valence-electron chi connectivity index (χ0n) is 11.1. The van der Waals surface area contributed by atoms with Crippen molar-refractivity contribution in [2.75, 3.05) is 32.0 Å². The first-order valence-electron chi connectivity index (χ1n) is 6.76. The number of hydrogen-bond donors (Lipinski definition) is 2. The van der Waals surface area contributed by atoms with Crippen LogP contribution in [0.2, 0.25) is 0 Å². The highest BCUT2D eigenvalue weighted by atomic mass is 16.1. The molecule has 1 aromatic carbocycles. The van der Waals surface area contributed by atoms with Crippen LogP contribution in [-0.2, 0) is 0 Å². The zero-order valence-corrected chi connectivity index (χ0v) is 11.1. The van der Waals surface area contributed by atoms with Crippen molar-refractivity contribution in [3.63, 3.8) is 0 Å². The number of nitrogens with one attached hydrogen (secondary N) is 2. The third-order valence-electron chi connectivity index (χ3n) is 3.92. The third-order valence-corrected chi connectivity index (χ3v) is 3.92. The van der Waals surface area contributed by atoms with Gasteiger partial charge < -0.3 is 15.2 Å². The summed E-state index contributed by atoms with van der Waals surface area (Å²) < 4.78 is 0. The Morgan fingerprint density at radius 1 is 1.47 bits per heavy atom. The lowest BCUT2D eigenvalue weighted by Crippen LogP contribution is -2.19. The predicted molar refractivity (Wildman–Crippen MR) is 77.8 cm³/mol. The van der Waals surface area contributed by atoms with Crippen LogP contribution >= 0.6 is 0 Å². The molecule has 1 aromatic heterocycles. The van der Waals surface area contributed by atoms with Crippen LogP contribution in [0.3, 0.4) is 0 Å². The van der Waals surface area contributed by atoms with Crippen molar-refractivity contribution in [2.45, 2.75) is 6.42 Å². The molecule has 1 aliphatic heterocycles. The quantitative estimate of drug-likeness (QED) is 0.827. The summed E-state index contributed by atoms with van der Waals surface area (Å²) in [5.74, 6) is 1.52. The van der Waals surface area contributed by atoms with E-state index in [0.717, 1.165) is 41.7 Å². The highest BCUT2D eigenvalue weighted by Gasteiger charge is 2.20. The standard InChI is InChI=1S/C15H19N3O/c1-18-7-6-11(9-18)8-16-15-13(10-19)12-4-2-3-5-14(12)17-15/h2-5,10-11,16-17H,6-9H2,1H3. The minimum absolute atomic E-state index is 0.663. The number of nitrogens with zero attached hydrogens (tertiary/aromatic N) is 1. The summed E-state index contributed by atoms with van der Waals surface area (Å²) >= 11 is 0. The SMILES string of the molecule is CN1CCC(CNc2[nH]c3ccccc3c2C=O)C1. The maximum absolute atomic E-state index is 11.3. The average Bonchev–Trinajstić information content (AvgIpc) is 2.99. The van der Waals surface area contributed by atoms with E-state index >= 15 is 0 Å². The second-order valence-corrected chi connectivity index (χ2v) is 5.37. The number of aldehydes is 1. The number of hydrogen-bond acceptors (Lipinski definition) is 3. The van der Waals surface area contributed by atoms with E-state index in [2.05, 4.69) is 22.2 Å². The number of para-hydroxylation sites is 1. The van der Waals surface area contributed by atoms with E-state index in [-0.39, 0.29) is 0 Å². The Morgan fingerprint density at radius 3 is 3.05 bits per heavy atom. The second-order valence-electron chi connectivity index (χ2n) is 5.37. The van der Waals surface area contributed by atoms with Gasteiger partial charge in [-0.25, -0.2) is 0 Å². The fourth-order valence-electron chi connectivity index (χ4n) is 2.86. The molecule has 0 radical (unpaired) electrons. The zero-order chi connectivity index (χ0) is 13.2. The van der Waals surface area contributed by atoms with Crippen molar-refractivity contribution in [3.8, 4) is 0 Å². The Kier molecular flexibility index (Phi) is 3.25. The molecular weight excluding hydrogens is 238 g/mol. The number of H-pyrrole nitrogens is 1. The van der Waals surface area contributed by atoms with Gasteiger partial charge in [0.15, 0.2) is 6.29 Å². The van der Waals surface area contributed by atoms with Gasteiger partial charge in [0.2, 0.25) is 0 Å². The lowest BCUT2D eigenvalue weighted by molar-refractivity contribution is 0.112. The van der Waals surface area contributed by atoms with Crippen molar-refractivity contribution in [1.82, 2.24) is 9.88 Å². The number of carbonyl (C=O) groups is 1. The van der Waals surface area contributed by atoms with Gasteiger partial charge in [0.1, 0.15) is 5.82 Å². The number of carbonyl (C=O) groups excluding carboxylic acids is 1. The summed E-state index contributed by atoms with van der Waals surface area (Å²) in [6.07, 6.45) is 2.15. The first-order chi connectivity index (χ1) is 9.28. The van der Waals surface area contributed by atoms with Crippen molar-refractivity contribution in [1.29, 1.82) is 0 Å². The number of aromatic nitrogens is 1. The minimum atomic E-state index is 0.663. The van der Waals surface area contributed by atoms with Crippen LogP contribution in [0.4, 0.5) is 5.82 Å². The van der Waals surface area contributed by atoms with E-state index in [1.165, 1.54) is 13.0 Å². The van der Waals surface area contributed by atoms with E-state index < -0.39 is 0 Å². The minimum Gasteiger partial charge on any atom is -0.371 e. The van der Waals surface area contributed by atoms with Gasteiger partial charge in [-0.3, -0.25) is 4.79 Å². The van der Waals surface area contributed by atoms with E-state index in [0.29, 0.717) is 5.92 Å². The number of fused-ring (bicyclic) bond motifs is 1. The van der Waals surface area contributed by atoms with Gasteiger partial charge in [-0.1, -0.05) is 18.2 Å². The topological polar surface area (TPSA) is 48.1 Å². The predicted octanol–water partition coefficient (Wildman–Crippen LogP) is 2.34. The molecule has 2 heterocycles. The summed E-state index contributed by atoms with van der Waals surface area (Å²) in [7, 11) is 2.15. The Balaban J connectivity index is 1.78. The molecule has 0 aliphatic carbocycles. The molecule has 2 aromatic rings. The van der Waals surface area contributed by atoms with Crippen molar-refractivity contribution in [3.05, 3.63) is 29.8 Å². The smallest absolute Gasteiger partial charge is 0.154 e. The van der Waals surface area contributed by atoms with Gasteiger partial charge in [0.05, 0.1) is 5.56 Å². The molecule has 4 heteroatoms. The lowest BCUT2D eigenvalue weighted by Gasteiger charge is -2.12. The third kappa shape index (κ3) is 2.36. The van der Waals surface area contributed by atoms with Crippen LogP contribution in [0.1, 0.15) is 16.8 Å². The van der Waals surface area contributed by atoms with Gasteiger partial charge in [0.25, 0.3) is 0 Å². The molecule has 1 saturated heterocycles. The Hall–Kier alpha value is -1.81. The Morgan fingerprint density at radius 2 is 2.32 bits per heavy atom.